The molecule has 144 valence electrons. The van der Waals surface area contributed by atoms with Gasteiger partial charge in [0.2, 0.25) is 11.8 Å². The SMILES string of the molecule is O=C(CC1SC(=NN=Cc2ccc(O)c(Br)c2)NC1=O)Nc1ccc(F)cc1. The Balaban J connectivity index is 1.55. The van der Waals surface area contributed by atoms with Crippen LogP contribution in [0.5, 0.6) is 5.75 Å². The van der Waals surface area contributed by atoms with Crippen molar-refractivity contribution in [1.29, 1.82) is 0 Å². The van der Waals surface area contributed by atoms with Crippen LogP contribution in [0.15, 0.2) is 57.1 Å². The minimum atomic E-state index is -0.628. The number of hydrogen-bond donors (Lipinski definition) is 3. The van der Waals surface area contributed by atoms with Crippen molar-refractivity contribution in [3.05, 3.63) is 58.3 Å². The Morgan fingerprint density at radius 3 is 2.79 bits per heavy atom. The van der Waals surface area contributed by atoms with Crippen molar-refractivity contribution >= 4 is 56.6 Å². The monoisotopic (exact) mass is 464 g/mol. The van der Waals surface area contributed by atoms with Gasteiger partial charge in [0.1, 0.15) is 16.8 Å². The summed E-state index contributed by atoms with van der Waals surface area (Å²) in [7, 11) is 0. The highest BCUT2D eigenvalue weighted by atomic mass is 79.9. The molecule has 1 heterocycles. The number of thioether (sulfide) groups is 1. The molecule has 28 heavy (non-hydrogen) atoms. The molecule has 0 aliphatic carbocycles. The Morgan fingerprint density at radius 1 is 1.32 bits per heavy atom. The zero-order valence-corrected chi connectivity index (χ0v) is 16.6. The van der Waals surface area contributed by atoms with Crippen LogP contribution < -0.4 is 10.6 Å². The first-order valence-electron chi connectivity index (χ1n) is 8.03. The number of benzene rings is 2. The number of nitrogens with one attached hydrogen (secondary N) is 2. The van der Waals surface area contributed by atoms with Gasteiger partial charge in [-0.25, -0.2) is 4.39 Å². The number of amides is 2. The van der Waals surface area contributed by atoms with E-state index in [0.29, 0.717) is 20.9 Å². The minimum absolute atomic E-state index is 0.0540. The maximum Gasteiger partial charge on any atom is 0.240 e. The molecule has 1 saturated heterocycles. The standard InChI is InChI=1S/C18H14BrFN4O3S/c19-13-7-10(1-6-14(13)25)9-21-24-18-23-17(27)15(28-18)8-16(26)22-12-4-2-11(20)3-5-12/h1-7,9,15,25H,8H2,(H,22,26)(H,23,24,27). The molecule has 7 nitrogen and oxygen atoms in total. The van der Waals surface area contributed by atoms with Gasteiger partial charge in [0.25, 0.3) is 0 Å². The summed E-state index contributed by atoms with van der Waals surface area (Å²) in [6.07, 6.45) is 1.42. The molecule has 1 unspecified atom stereocenters. The number of carbonyl (C=O) groups excluding carboxylic acids is 2. The smallest absolute Gasteiger partial charge is 0.240 e. The predicted octanol–water partition coefficient (Wildman–Crippen LogP) is 3.24. The fraction of sp³-hybridized carbons (Fsp3) is 0.111. The summed E-state index contributed by atoms with van der Waals surface area (Å²) in [6, 6.07) is 10.2. The summed E-state index contributed by atoms with van der Waals surface area (Å²) in [5.41, 5.74) is 1.16. The fourth-order valence-electron chi connectivity index (χ4n) is 2.25. The Bertz CT molecular complexity index is 966. The van der Waals surface area contributed by atoms with Crippen LogP contribution in [-0.4, -0.2) is 33.6 Å². The second-order valence-corrected chi connectivity index (χ2v) is 7.76. The van der Waals surface area contributed by atoms with Crippen LogP contribution in [0.25, 0.3) is 0 Å². The number of carbonyl (C=O) groups is 2. The van der Waals surface area contributed by atoms with E-state index in [4.69, 9.17) is 0 Å². The van der Waals surface area contributed by atoms with Gasteiger partial charge in [-0.15, -0.1) is 5.10 Å². The van der Waals surface area contributed by atoms with Crippen LogP contribution in [0.1, 0.15) is 12.0 Å². The van der Waals surface area contributed by atoms with E-state index in [9.17, 15) is 19.1 Å². The lowest BCUT2D eigenvalue weighted by Crippen LogP contribution is -2.28. The summed E-state index contributed by atoms with van der Waals surface area (Å²) in [5.74, 6) is -0.979. The quantitative estimate of drug-likeness (QED) is 0.466. The molecule has 2 aromatic carbocycles. The highest BCUT2D eigenvalue weighted by Crippen LogP contribution is 2.24. The van der Waals surface area contributed by atoms with Gasteiger partial charge in [0, 0.05) is 12.1 Å². The highest BCUT2D eigenvalue weighted by Gasteiger charge is 2.32. The van der Waals surface area contributed by atoms with Gasteiger partial charge in [-0.3, -0.25) is 9.59 Å². The van der Waals surface area contributed by atoms with Gasteiger partial charge < -0.3 is 15.7 Å². The van der Waals surface area contributed by atoms with E-state index in [-0.39, 0.29) is 24.0 Å². The maximum absolute atomic E-state index is 12.9. The van der Waals surface area contributed by atoms with E-state index in [1.165, 1.54) is 36.5 Å². The lowest BCUT2D eigenvalue weighted by atomic mass is 10.2. The van der Waals surface area contributed by atoms with Crippen molar-refractivity contribution in [2.24, 2.45) is 10.2 Å². The molecule has 1 aliphatic heterocycles. The fourth-order valence-corrected chi connectivity index (χ4v) is 3.57. The summed E-state index contributed by atoms with van der Waals surface area (Å²) < 4.78 is 13.4. The molecular weight excluding hydrogens is 451 g/mol. The summed E-state index contributed by atoms with van der Waals surface area (Å²) in [5, 5.41) is 22.1. The Morgan fingerprint density at radius 2 is 2.07 bits per heavy atom. The molecule has 0 saturated carbocycles. The van der Waals surface area contributed by atoms with Crippen LogP contribution in [0.3, 0.4) is 0 Å². The third-order valence-corrected chi connectivity index (χ3v) is 5.31. The van der Waals surface area contributed by atoms with Gasteiger partial charge in [-0.2, -0.15) is 5.10 Å². The van der Waals surface area contributed by atoms with Crippen molar-refractivity contribution in [1.82, 2.24) is 5.32 Å². The summed E-state index contributed by atoms with van der Waals surface area (Å²) in [4.78, 5) is 24.1. The van der Waals surface area contributed by atoms with Crippen LogP contribution in [0.4, 0.5) is 10.1 Å². The van der Waals surface area contributed by atoms with E-state index < -0.39 is 11.1 Å². The van der Waals surface area contributed by atoms with Gasteiger partial charge >= 0.3 is 0 Å². The highest BCUT2D eigenvalue weighted by molar-refractivity contribution is 9.10. The Labute approximate surface area is 172 Å². The van der Waals surface area contributed by atoms with Gasteiger partial charge in [0.15, 0.2) is 5.17 Å². The summed E-state index contributed by atoms with van der Waals surface area (Å²) in [6.45, 7) is 0. The third-order valence-electron chi connectivity index (χ3n) is 3.60. The lowest BCUT2D eigenvalue weighted by Gasteiger charge is -2.07. The molecule has 0 aromatic heterocycles. The molecule has 3 rings (SSSR count). The average molecular weight is 465 g/mol. The van der Waals surface area contributed by atoms with Crippen LogP contribution in [0.2, 0.25) is 0 Å². The summed E-state index contributed by atoms with van der Waals surface area (Å²) >= 11 is 4.31. The number of halogens is 2. The molecule has 1 atom stereocenters. The lowest BCUT2D eigenvalue weighted by molar-refractivity contribution is -0.122. The molecule has 0 radical (unpaired) electrons. The van der Waals surface area contributed by atoms with Gasteiger partial charge in [-0.1, -0.05) is 11.8 Å². The van der Waals surface area contributed by atoms with E-state index in [1.807, 2.05) is 0 Å². The molecule has 10 heteroatoms. The van der Waals surface area contributed by atoms with Crippen LogP contribution >= 0.6 is 27.7 Å². The minimum Gasteiger partial charge on any atom is -0.507 e. The Hall–Kier alpha value is -2.72. The van der Waals surface area contributed by atoms with Crippen molar-refractivity contribution in [2.45, 2.75) is 11.7 Å². The molecular formula is C18H14BrFN4O3S. The number of hydrogen-bond acceptors (Lipinski definition) is 6. The molecule has 1 fully saturated rings. The number of phenols is 1. The number of aromatic hydroxyl groups is 1. The van der Waals surface area contributed by atoms with E-state index in [1.54, 1.807) is 12.1 Å². The largest absolute Gasteiger partial charge is 0.507 e. The second kappa shape index (κ2) is 8.98. The van der Waals surface area contributed by atoms with Gasteiger partial charge in [-0.05, 0) is 64.0 Å². The predicted molar refractivity (Wildman–Crippen MR) is 110 cm³/mol. The number of phenolic OH excluding ortho intramolecular Hbond substituents is 1. The number of anilines is 1. The topological polar surface area (TPSA) is 103 Å². The molecule has 0 spiro atoms. The third kappa shape index (κ3) is 5.40. The molecule has 3 N–H and O–H groups in total. The Kier molecular flexibility index (Phi) is 6.42. The van der Waals surface area contributed by atoms with Crippen molar-refractivity contribution < 1.29 is 19.1 Å². The average Bonchev–Trinajstić information content (AvgIpc) is 2.99. The first-order chi connectivity index (χ1) is 13.4. The number of nitrogens with zero attached hydrogens (tertiary/aromatic N) is 2. The second-order valence-electron chi connectivity index (χ2n) is 5.72. The van der Waals surface area contributed by atoms with E-state index in [2.05, 4.69) is 36.8 Å². The normalized spacial score (nSPS) is 17.9. The van der Waals surface area contributed by atoms with Crippen molar-refractivity contribution in [3.8, 4) is 5.75 Å². The zero-order chi connectivity index (χ0) is 20.1. The zero-order valence-electron chi connectivity index (χ0n) is 14.2. The molecule has 1 aliphatic rings. The number of amidine groups is 1. The maximum atomic E-state index is 12.9. The van der Waals surface area contributed by atoms with Crippen molar-refractivity contribution in [3.63, 3.8) is 0 Å². The molecule has 2 aromatic rings. The first-order valence-corrected chi connectivity index (χ1v) is 9.70. The van der Waals surface area contributed by atoms with E-state index >= 15 is 0 Å². The van der Waals surface area contributed by atoms with Gasteiger partial charge in [0.05, 0.1) is 10.7 Å². The molecule has 0 bridgehead atoms. The van der Waals surface area contributed by atoms with E-state index in [0.717, 1.165) is 11.8 Å². The first kappa shape index (κ1) is 20.0. The van der Waals surface area contributed by atoms with Crippen LogP contribution in [0, 0.1) is 5.82 Å². The van der Waals surface area contributed by atoms with Crippen LogP contribution in [-0.2, 0) is 9.59 Å². The van der Waals surface area contributed by atoms with Crippen molar-refractivity contribution in [2.75, 3.05) is 5.32 Å². The molecule has 2 amide bonds. The number of rotatable bonds is 5.